The molecule has 0 saturated heterocycles. The van der Waals surface area contributed by atoms with Crippen LogP contribution in [-0.4, -0.2) is 41.5 Å². The lowest BCUT2D eigenvalue weighted by atomic mass is 10.1. The molecule has 0 radical (unpaired) electrons. The van der Waals surface area contributed by atoms with Crippen molar-refractivity contribution in [3.05, 3.63) is 66.4 Å². The second-order valence-corrected chi connectivity index (χ2v) is 5.59. The predicted molar refractivity (Wildman–Crippen MR) is 103 cm³/mol. The minimum atomic E-state index is -0.790. The number of rotatable bonds is 8. The Bertz CT molecular complexity index is 849. The number of carbonyl (C=O) groups is 1. The van der Waals surface area contributed by atoms with Gasteiger partial charge < -0.3 is 19.7 Å². The molecular formula is C21H23NO5. The Morgan fingerprint density at radius 2 is 1.63 bits per heavy atom. The van der Waals surface area contributed by atoms with Crippen LogP contribution in [0, 0.1) is 0 Å². The molecule has 0 aliphatic heterocycles. The van der Waals surface area contributed by atoms with E-state index in [1.54, 1.807) is 6.20 Å². The molecule has 0 spiro atoms. The minimum absolute atomic E-state index is 0.134. The fourth-order valence-corrected chi connectivity index (χ4v) is 2.47. The molecule has 0 bridgehead atoms. The largest absolute Gasteiger partial charge is 0.490 e. The summed E-state index contributed by atoms with van der Waals surface area (Å²) >= 11 is 0. The number of pyridine rings is 1. The highest BCUT2D eigenvalue weighted by Gasteiger charge is 2.01. The molecule has 3 rings (SSSR count). The lowest BCUT2D eigenvalue weighted by Crippen LogP contribution is -2.09. The van der Waals surface area contributed by atoms with Crippen LogP contribution in [0.2, 0.25) is 0 Å². The zero-order valence-electron chi connectivity index (χ0n) is 15.2. The van der Waals surface area contributed by atoms with E-state index in [4.69, 9.17) is 19.7 Å². The van der Waals surface area contributed by atoms with Crippen molar-refractivity contribution in [3.63, 3.8) is 0 Å². The molecule has 0 unspecified atom stereocenters. The number of ether oxygens (including phenoxy) is 2. The Morgan fingerprint density at radius 1 is 0.963 bits per heavy atom. The summed E-state index contributed by atoms with van der Waals surface area (Å²) in [6.45, 7) is 0.867. The summed E-state index contributed by atoms with van der Waals surface area (Å²) in [6.07, 6.45) is 2.43. The summed E-state index contributed by atoms with van der Waals surface area (Å²) in [6, 6.07) is 17.1. The van der Waals surface area contributed by atoms with E-state index in [0.29, 0.717) is 19.6 Å². The monoisotopic (exact) mass is 369 g/mol. The van der Waals surface area contributed by atoms with E-state index in [-0.39, 0.29) is 6.42 Å². The number of fused-ring (bicyclic) bond motifs is 1. The average Bonchev–Trinajstić information content (AvgIpc) is 2.72. The van der Waals surface area contributed by atoms with Gasteiger partial charge in [0.25, 0.3) is 0 Å². The first-order valence-electron chi connectivity index (χ1n) is 8.56. The summed E-state index contributed by atoms with van der Waals surface area (Å²) in [4.78, 5) is 14.8. The van der Waals surface area contributed by atoms with Gasteiger partial charge in [0, 0.05) is 25.1 Å². The molecule has 6 nitrogen and oxygen atoms in total. The highest BCUT2D eigenvalue weighted by atomic mass is 16.5. The Kier molecular flexibility index (Phi) is 8.06. The number of hydrogen-bond donors (Lipinski definition) is 2. The Hall–Kier alpha value is -3.12. The van der Waals surface area contributed by atoms with Crippen LogP contribution in [0.4, 0.5) is 0 Å². The van der Waals surface area contributed by atoms with E-state index in [9.17, 15) is 4.79 Å². The smallest absolute Gasteiger partial charge is 0.303 e. The topological polar surface area (TPSA) is 88.9 Å². The van der Waals surface area contributed by atoms with Gasteiger partial charge in [-0.25, -0.2) is 0 Å². The Labute approximate surface area is 158 Å². The first-order chi connectivity index (χ1) is 13.2. The van der Waals surface area contributed by atoms with Crippen molar-refractivity contribution >= 4 is 16.9 Å². The van der Waals surface area contributed by atoms with E-state index in [1.165, 1.54) is 0 Å². The van der Waals surface area contributed by atoms with Crippen LogP contribution in [0.15, 0.2) is 60.8 Å². The predicted octanol–water partition coefficient (Wildman–Crippen LogP) is 3.32. The van der Waals surface area contributed by atoms with Crippen molar-refractivity contribution in [3.8, 4) is 11.5 Å². The molecular weight excluding hydrogens is 346 g/mol. The summed E-state index contributed by atoms with van der Waals surface area (Å²) < 4.78 is 11.3. The van der Waals surface area contributed by atoms with Gasteiger partial charge in [-0.15, -0.1) is 0 Å². The molecule has 0 saturated carbocycles. The van der Waals surface area contributed by atoms with Gasteiger partial charge in [-0.3, -0.25) is 9.78 Å². The van der Waals surface area contributed by atoms with Crippen molar-refractivity contribution < 1.29 is 24.5 Å². The number of aryl methyl sites for hydroxylation is 1. The van der Waals surface area contributed by atoms with Gasteiger partial charge >= 0.3 is 5.97 Å². The lowest BCUT2D eigenvalue weighted by Gasteiger charge is -2.09. The molecule has 0 fully saturated rings. The third-order valence-corrected chi connectivity index (χ3v) is 3.75. The molecule has 2 N–H and O–H groups in total. The zero-order valence-corrected chi connectivity index (χ0v) is 15.2. The summed E-state index contributed by atoms with van der Waals surface area (Å²) in [7, 11) is 1.00. The maximum absolute atomic E-state index is 10.6. The zero-order chi connectivity index (χ0) is 19.5. The van der Waals surface area contributed by atoms with E-state index >= 15 is 0 Å². The molecule has 0 amide bonds. The normalized spacial score (nSPS) is 10.0. The van der Waals surface area contributed by atoms with Crippen LogP contribution >= 0.6 is 0 Å². The van der Waals surface area contributed by atoms with Gasteiger partial charge in [0.1, 0.15) is 24.7 Å². The summed E-state index contributed by atoms with van der Waals surface area (Å²) in [5, 5.41) is 16.7. The summed E-state index contributed by atoms with van der Waals surface area (Å²) in [5.74, 6) is 0.737. The number of benzene rings is 2. The molecule has 1 heterocycles. The second kappa shape index (κ2) is 10.8. The van der Waals surface area contributed by atoms with Gasteiger partial charge in [-0.1, -0.05) is 18.2 Å². The van der Waals surface area contributed by atoms with Crippen molar-refractivity contribution in [2.24, 2.45) is 0 Å². The van der Waals surface area contributed by atoms with Crippen LogP contribution in [-0.2, 0) is 11.2 Å². The van der Waals surface area contributed by atoms with E-state index in [2.05, 4.69) is 4.98 Å². The SMILES string of the molecule is CO.O=C(O)CCc1ccc(OCCOc2ccc3ncccc3c2)cc1. The van der Waals surface area contributed by atoms with E-state index in [0.717, 1.165) is 35.1 Å². The van der Waals surface area contributed by atoms with E-state index in [1.807, 2.05) is 54.6 Å². The number of carboxylic acids is 1. The van der Waals surface area contributed by atoms with Gasteiger partial charge in [-0.2, -0.15) is 0 Å². The third-order valence-electron chi connectivity index (χ3n) is 3.75. The Morgan fingerprint density at radius 3 is 2.33 bits per heavy atom. The Balaban J connectivity index is 0.00000126. The fraction of sp³-hybridized carbons (Fsp3) is 0.238. The molecule has 0 aliphatic carbocycles. The fourth-order valence-electron chi connectivity index (χ4n) is 2.47. The maximum Gasteiger partial charge on any atom is 0.303 e. The number of carboxylic acid groups (broad SMARTS) is 1. The molecule has 3 aromatic rings. The van der Waals surface area contributed by atoms with Crippen molar-refractivity contribution in [2.75, 3.05) is 20.3 Å². The number of aromatic nitrogens is 1. The first kappa shape index (κ1) is 20.2. The molecule has 0 atom stereocenters. The molecule has 0 aliphatic rings. The van der Waals surface area contributed by atoms with Crippen molar-refractivity contribution in [2.45, 2.75) is 12.8 Å². The molecule has 27 heavy (non-hydrogen) atoms. The van der Waals surface area contributed by atoms with Gasteiger partial charge in [-0.05, 0) is 48.4 Å². The number of hydrogen-bond acceptors (Lipinski definition) is 5. The quantitative estimate of drug-likeness (QED) is 0.592. The molecule has 2 aromatic carbocycles. The van der Waals surface area contributed by atoms with Crippen molar-refractivity contribution in [1.82, 2.24) is 4.98 Å². The standard InChI is InChI=1S/C20H19NO4.CH4O/c22-20(23)10-5-15-3-6-17(7-4-15)24-12-13-25-18-8-9-19-16(14-18)2-1-11-21-19;1-2/h1-4,6-9,11,14H,5,10,12-13H2,(H,22,23);2H,1H3. The van der Waals surface area contributed by atoms with Gasteiger partial charge in [0.15, 0.2) is 0 Å². The lowest BCUT2D eigenvalue weighted by molar-refractivity contribution is -0.136. The number of aliphatic hydroxyl groups excluding tert-OH is 1. The highest BCUT2D eigenvalue weighted by molar-refractivity contribution is 5.79. The number of nitrogens with zero attached hydrogens (tertiary/aromatic N) is 1. The first-order valence-corrected chi connectivity index (χ1v) is 8.56. The van der Waals surface area contributed by atoms with Crippen LogP contribution < -0.4 is 9.47 Å². The summed E-state index contributed by atoms with van der Waals surface area (Å²) in [5.41, 5.74) is 1.92. The molecule has 6 heteroatoms. The van der Waals surface area contributed by atoms with Crippen LogP contribution in [0.5, 0.6) is 11.5 Å². The molecule has 1 aromatic heterocycles. The highest BCUT2D eigenvalue weighted by Crippen LogP contribution is 2.19. The number of aliphatic carboxylic acids is 1. The van der Waals surface area contributed by atoms with E-state index < -0.39 is 5.97 Å². The second-order valence-electron chi connectivity index (χ2n) is 5.59. The average molecular weight is 369 g/mol. The van der Waals surface area contributed by atoms with Gasteiger partial charge in [0.05, 0.1) is 5.52 Å². The minimum Gasteiger partial charge on any atom is -0.490 e. The molecule has 142 valence electrons. The van der Waals surface area contributed by atoms with Crippen LogP contribution in [0.25, 0.3) is 10.9 Å². The van der Waals surface area contributed by atoms with Gasteiger partial charge in [0.2, 0.25) is 0 Å². The third kappa shape index (κ3) is 6.60. The maximum atomic E-state index is 10.6. The number of aliphatic hydroxyl groups is 1. The van der Waals surface area contributed by atoms with Crippen LogP contribution in [0.3, 0.4) is 0 Å². The van der Waals surface area contributed by atoms with Crippen molar-refractivity contribution in [1.29, 1.82) is 0 Å². The van der Waals surface area contributed by atoms with Crippen LogP contribution in [0.1, 0.15) is 12.0 Å².